The molecule has 1 N–H and O–H groups in total. The molecule has 96 valence electrons. The van der Waals surface area contributed by atoms with Gasteiger partial charge in [0.25, 0.3) is 0 Å². The highest BCUT2D eigenvalue weighted by atomic mass is 35.5. The largest absolute Gasteiger partial charge is 0.387 e. The zero-order valence-electron chi connectivity index (χ0n) is 10.6. The Bertz CT molecular complexity index is 385. The third-order valence-electron chi connectivity index (χ3n) is 3.85. The summed E-state index contributed by atoms with van der Waals surface area (Å²) in [5, 5.41) is 10.5. The van der Waals surface area contributed by atoms with Crippen molar-refractivity contribution in [3.05, 3.63) is 20.8 Å². The molecule has 0 spiro atoms. The van der Waals surface area contributed by atoms with Crippen molar-refractivity contribution in [3.63, 3.8) is 0 Å². The highest BCUT2D eigenvalue weighted by Gasteiger charge is 2.42. The second-order valence-corrected chi connectivity index (χ2v) is 6.72. The summed E-state index contributed by atoms with van der Waals surface area (Å²) in [6.07, 6.45) is -0.168. The number of aliphatic hydroxyl groups is 1. The van der Waals surface area contributed by atoms with Gasteiger partial charge in [-0.25, -0.2) is 0 Å². The van der Waals surface area contributed by atoms with Crippen LogP contribution in [-0.2, 0) is 4.74 Å². The molecule has 0 radical (unpaired) electrons. The third-order valence-corrected chi connectivity index (χ3v) is 5.48. The maximum Gasteiger partial charge on any atom is 0.0961 e. The van der Waals surface area contributed by atoms with Crippen LogP contribution in [0.5, 0.6) is 0 Å². The fourth-order valence-electron chi connectivity index (χ4n) is 2.66. The second-order valence-electron chi connectivity index (χ2n) is 5.03. The smallest absolute Gasteiger partial charge is 0.0961 e. The van der Waals surface area contributed by atoms with Crippen LogP contribution in [0.3, 0.4) is 0 Å². The van der Waals surface area contributed by atoms with Crippen LogP contribution >= 0.6 is 22.9 Å². The van der Waals surface area contributed by atoms with Crippen molar-refractivity contribution >= 4 is 22.9 Å². The molecule has 2 heterocycles. The lowest BCUT2D eigenvalue weighted by atomic mass is 9.84. The van der Waals surface area contributed by atoms with Gasteiger partial charge in [-0.05, 0) is 38.3 Å². The topological polar surface area (TPSA) is 29.5 Å². The van der Waals surface area contributed by atoms with Gasteiger partial charge in [0.15, 0.2) is 0 Å². The number of aryl methyl sites for hydroxylation is 1. The molecule has 17 heavy (non-hydrogen) atoms. The highest BCUT2D eigenvalue weighted by molar-refractivity contribution is 7.16. The minimum Gasteiger partial charge on any atom is -0.387 e. The minimum atomic E-state index is -0.471. The molecule has 1 aliphatic rings. The molecule has 1 aromatic rings. The fourth-order valence-corrected chi connectivity index (χ4v) is 3.92. The fraction of sp³-hybridized carbons (Fsp3) is 0.692. The average molecular weight is 275 g/mol. The summed E-state index contributed by atoms with van der Waals surface area (Å²) in [4.78, 5) is 0.953. The molecule has 1 aromatic heterocycles. The number of rotatable bonds is 2. The van der Waals surface area contributed by atoms with Crippen LogP contribution in [0.15, 0.2) is 6.07 Å². The number of halogens is 1. The molecule has 2 nitrogen and oxygen atoms in total. The molecule has 0 saturated carbocycles. The van der Waals surface area contributed by atoms with Gasteiger partial charge < -0.3 is 9.84 Å². The van der Waals surface area contributed by atoms with E-state index in [1.165, 1.54) is 11.3 Å². The molecule has 2 rings (SSSR count). The molecular formula is C13H19ClO2S. The van der Waals surface area contributed by atoms with Gasteiger partial charge in [-0.2, -0.15) is 0 Å². The lowest BCUT2D eigenvalue weighted by Gasteiger charge is -2.23. The zero-order valence-corrected chi connectivity index (χ0v) is 12.2. The Morgan fingerprint density at radius 2 is 2.00 bits per heavy atom. The standard InChI is InChI=1S/C13H19ClO2S/c1-6-5-10(17-13(6)14)12(15)11-7(2)8(3)16-9(11)4/h5,7-9,11-12,15H,1-4H3. The summed E-state index contributed by atoms with van der Waals surface area (Å²) in [6, 6.07) is 1.99. The van der Waals surface area contributed by atoms with Gasteiger partial charge in [0.05, 0.1) is 22.6 Å². The van der Waals surface area contributed by atoms with Gasteiger partial charge in [0, 0.05) is 10.8 Å². The van der Waals surface area contributed by atoms with Crippen LogP contribution in [-0.4, -0.2) is 17.3 Å². The number of aliphatic hydroxyl groups excluding tert-OH is 1. The van der Waals surface area contributed by atoms with Gasteiger partial charge in [-0.15, -0.1) is 11.3 Å². The van der Waals surface area contributed by atoms with Crippen LogP contribution in [0.25, 0.3) is 0 Å². The maximum atomic E-state index is 10.5. The maximum absolute atomic E-state index is 10.5. The van der Waals surface area contributed by atoms with Crippen LogP contribution in [0.4, 0.5) is 0 Å². The molecule has 0 bridgehead atoms. The van der Waals surface area contributed by atoms with Crippen molar-refractivity contribution < 1.29 is 9.84 Å². The van der Waals surface area contributed by atoms with Crippen molar-refractivity contribution in [2.24, 2.45) is 11.8 Å². The quantitative estimate of drug-likeness (QED) is 0.889. The summed E-state index contributed by atoms with van der Waals surface area (Å²) in [5.74, 6) is 0.514. The van der Waals surface area contributed by atoms with Crippen molar-refractivity contribution in [1.29, 1.82) is 0 Å². The molecule has 5 unspecified atom stereocenters. The summed E-state index contributed by atoms with van der Waals surface area (Å²) in [7, 11) is 0. The lowest BCUT2D eigenvalue weighted by molar-refractivity contribution is 0.0242. The first-order chi connectivity index (χ1) is 7.91. The number of thiophene rings is 1. The van der Waals surface area contributed by atoms with Crippen molar-refractivity contribution in [3.8, 4) is 0 Å². The number of hydrogen-bond acceptors (Lipinski definition) is 3. The Labute approximate surface area is 112 Å². The predicted molar refractivity (Wildman–Crippen MR) is 71.7 cm³/mol. The molecule has 0 aliphatic carbocycles. The first kappa shape index (κ1) is 13.3. The SMILES string of the molecule is Cc1cc(C(O)C2C(C)OC(C)C2C)sc1Cl. The lowest BCUT2D eigenvalue weighted by Crippen LogP contribution is -2.24. The van der Waals surface area contributed by atoms with E-state index in [1.807, 2.05) is 19.9 Å². The Hall–Kier alpha value is -0.0900. The Kier molecular flexibility index (Phi) is 3.83. The molecule has 0 aromatic carbocycles. The average Bonchev–Trinajstić information content (AvgIpc) is 2.70. The van der Waals surface area contributed by atoms with Crippen molar-refractivity contribution in [1.82, 2.24) is 0 Å². The summed E-state index contributed by atoms with van der Waals surface area (Å²) < 4.78 is 6.55. The van der Waals surface area contributed by atoms with E-state index >= 15 is 0 Å². The van der Waals surface area contributed by atoms with Crippen LogP contribution in [0.1, 0.15) is 37.3 Å². The van der Waals surface area contributed by atoms with E-state index in [9.17, 15) is 5.11 Å². The highest BCUT2D eigenvalue weighted by Crippen LogP contribution is 2.43. The second kappa shape index (κ2) is 4.88. The summed E-state index contributed by atoms with van der Waals surface area (Å²) in [5.41, 5.74) is 1.04. The summed E-state index contributed by atoms with van der Waals surface area (Å²) >= 11 is 7.53. The third kappa shape index (κ3) is 2.39. The Balaban J connectivity index is 2.22. The van der Waals surface area contributed by atoms with Gasteiger partial charge in [-0.1, -0.05) is 18.5 Å². The van der Waals surface area contributed by atoms with Crippen LogP contribution in [0, 0.1) is 18.8 Å². The van der Waals surface area contributed by atoms with E-state index in [-0.39, 0.29) is 18.1 Å². The van der Waals surface area contributed by atoms with Gasteiger partial charge in [0.1, 0.15) is 0 Å². The molecule has 4 heteroatoms. The number of hydrogen-bond donors (Lipinski definition) is 1. The Morgan fingerprint density at radius 3 is 2.41 bits per heavy atom. The molecule has 1 fully saturated rings. The van der Waals surface area contributed by atoms with E-state index < -0.39 is 6.10 Å². The molecular weight excluding hydrogens is 256 g/mol. The van der Waals surface area contributed by atoms with Crippen molar-refractivity contribution in [2.45, 2.75) is 46.0 Å². The normalized spacial score (nSPS) is 35.2. The molecule has 1 saturated heterocycles. The monoisotopic (exact) mass is 274 g/mol. The van der Waals surface area contributed by atoms with Crippen LogP contribution in [0.2, 0.25) is 4.34 Å². The van der Waals surface area contributed by atoms with Gasteiger partial charge >= 0.3 is 0 Å². The molecule has 5 atom stereocenters. The zero-order chi connectivity index (χ0) is 12.7. The predicted octanol–water partition coefficient (Wildman–Crippen LogP) is 3.80. The van der Waals surface area contributed by atoms with Crippen molar-refractivity contribution in [2.75, 3.05) is 0 Å². The first-order valence-corrected chi connectivity index (χ1v) is 7.20. The van der Waals surface area contributed by atoms with E-state index in [4.69, 9.17) is 16.3 Å². The summed E-state index contributed by atoms with van der Waals surface area (Å²) in [6.45, 7) is 8.22. The van der Waals surface area contributed by atoms with E-state index in [1.54, 1.807) is 0 Å². The van der Waals surface area contributed by atoms with Crippen LogP contribution < -0.4 is 0 Å². The van der Waals surface area contributed by atoms with Gasteiger partial charge in [-0.3, -0.25) is 0 Å². The molecule has 0 amide bonds. The van der Waals surface area contributed by atoms with E-state index in [2.05, 4.69) is 13.8 Å². The van der Waals surface area contributed by atoms with E-state index in [0.29, 0.717) is 5.92 Å². The Morgan fingerprint density at radius 1 is 1.35 bits per heavy atom. The minimum absolute atomic E-state index is 0.0937. The van der Waals surface area contributed by atoms with E-state index in [0.717, 1.165) is 14.8 Å². The number of ether oxygens (including phenoxy) is 1. The van der Waals surface area contributed by atoms with Gasteiger partial charge in [0.2, 0.25) is 0 Å². The first-order valence-electron chi connectivity index (χ1n) is 6.01. The molecule has 1 aliphatic heterocycles.